The molecule has 0 aliphatic carbocycles. The van der Waals surface area contributed by atoms with Gasteiger partial charge in [-0.1, -0.05) is 13.0 Å². The fourth-order valence-corrected chi connectivity index (χ4v) is 2.77. The molecule has 8 nitrogen and oxygen atoms in total. The molecule has 1 unspecified atom stereocenters. The van der Waals surface area contributed by atoms with Crippen LogP contribution in [0.2, 0.25) is 0 Å². The van der Waals surface area contributed by atoms with Crippen molar-refractivity contribution in [3.63, 3.8) is 0 Å². The standard InChI is InChI=1S/C18H21N5O3/c1-4-11-5-6-14-13(7-11)10(2)20-18(21-14)23-17-19-9-12(16(25)22-17)8-15(24)26-3/h5-7,12H,4,8-9H2,1-3H3,(H2,19,20,21,22,23,25). The van der Waals surface area contributed by atoms with Gasteiger partial charge in [0, 0.05) is 5.39 Å². The molecule has 2 heterocycles. The lowest BCUT2D eigenvalue weighted by Gasteiger charge is -2.21. The molecule has 2 aromatic rings. The summed E-state index contributed by atoms with van der Waals surface area (Å²) in [7, 11) is 1.29. The first-order valence-corrected chi connectivity index (χ1v) is 8.46. The van der Waals surface area contributed by atoms with Crippen molar-refractivity contribution in [2.75, 3.05) is 19.0 Å². The zero-order valence-corrected chi connectivity index (χ0v) is 15.0. The Morgan fingerprint density at radius 3 is 2.88 bits per heavy atom. The number of methoxy groups -OCH3 is 1. The molecule has 3 rings (SSSR count). The maximum Gasteiger partial charge on any atom is 0.306 e. The van der Waals surface area contributed by atoms with E-state index in [0.29, 0.717) is 5.95 Å². The molecule has 0 saturated carbocycles. The van der Waals surface area contributed by atoms with Gasteiger partial charge in [0.1, 0.15) is 0 Å². The number of rotatable bonds is 4. The number of amides is 1. The number of nitrogens with one attached hydrogen (secondary N) is 2. The fourth-order valence-electron chi connectivity index (χ4n) is 2.77. The molecule has 1 aliphatic rings. The number of guanidine groups is 1. The molecule has 1 aromatic heterocycles. The molecular weight excluding hydrogens is 334 g/mol. The summed E-state index contributed by atoms with van der Waals surface area (Å²) in [6.07, 6.45) is 0.954. The van der Waals surface area contributed by atoms with E-state index in [-0.39, 0.29) is 24.8 Å². The van der Waals surface area contributed by atoms with Gasteiger partial charge < -0.3 is 4.74 Å². The molecule has 1 amide bonds. The van der Waals surface area contributed by atoms with Crippen LogP contribution in [-0.4, -0.2) is 41.5 Å². The summed E-state index contributed by atoms with van der Waals surface area (Å²) < 4.78 is 4.59. The van der Waals surface area contributed by atoms with Gasteiger partial charge in [-0.25, -0.2) is 9.97 Å². The van der Waals surface area contributed by atoms with Crippen LogP contribution in [-0.2, 0) is 20.7 Å². The number of fused-ring (bicyclic) bond motifs is 1. The monoisotopic (exact) mass is 355 g/mol. The average Bonchev–Trinajstić information content (AvgIpc) is 2.63. The molecule has 0 fully saturated rings. The van der Waals surface area contributed by atoms with Gasteiger partial charge in [-0.05, 0) is 31.0 Å². The normalized spacial score (nSPS) is 16.8. The molecule has 0 spiro atoms. The third-order valence-electron chi connectivity index (χ3n) is 4.31. The predicted octanol–water partition coefficient (Wildman–Crippen LogP) is 1.58. The van der Waals surface area contributed by atoms with E-state index in [4.69, 9.17) is 0 Å². The smallest absolute Gasteiger partial charge is 0.306 e. The molecule has 1 aromatic carbocycles. The first kappa shape index (κ1) is 17.8. The average molecular weight is 355 g/mol. The first-order chi connectivity index (χ1) is 12.5. The second-order valence-electron chi connectivity index (χ2n) is 6.12. The Kier molecular flexibility index (Phi) is 5.11. The Hall–Kier alpha value is -3.03. The third-order valence-corrected chi connectivity index (χ3v) is 4.31. The van der Waals surface area contributed by atoms with E-state index in [2.05, 4.69) is 43.3 Å². The summed E-state index contributed by atoms with van der Waals surface area (Å²) in [5, 5.41) is 6.59. The summed E-state index contributed by atoms with van der Waals surface area (Å²) in [6.45, 7) is 4.22. The van der Waals surface area contributed by atoms with Gasteiger partial charge in [0.05, 0.1) is 37.2 Å². The van der Waals surface area contributed by atoms with Gasteiger partial charge in [0.2, 0.25) is 17.8 Å². The van der Waals surface area contributed by atoms with E-state index >= 15 is 0 Å². The van der Waals surface area contributed by atoms with Crippen molar-refractivity contribution in [2.24, 2.45) is 10.9 Å². The molecule has 26 heavy (non-hydrogen) atoms. The molecule has 1 aliphatic heterocycles. The number of aliphatic imine (C=N–C) groups is 1. The van der Waals surface area contributed by atoms with Crippen LogP contribution in [0.5, 0.6) is 0 Å². The van der Waals surface area contributed by atoms with E-state index in [9.17, 15) is 9.59 Å². The Morgan fingerprint density at radius 1 is 1.38 bits per heavy atom. The summed E-state index contributed by atoms with van der Waals surface area (Å²) in [4.78, 5) is 36.6. The highest BCUT2D eigenvalue weighted by molar-refractivity contribution is 6.06. The van der Waals surface area contributed by atoms with Crippen molar-refractivity contribution in [1.29, 1.82) is 0 Å². The summed E-state index contributed by atoms with van der Waals surface area (Å²) in [5.74, 6) is -0.598. The predicted molar refractivity (Wildman–Crippen MR) is 97.8 cm³/mol. The summed E-state index contributed by atoms with van der Waals surface area (Å²) in [5.41, 5.74) is 2.90. The van der Waals surface area contributed by atoms with E-state index in [1.165, 1.54) is 12.7 Å². The molecule has 0 radical (unpaired) electrons. The number of aromatic nitrogens is 2. The second-order valence-corrected chi connectivity index (χ2v) is 6.12. The van der Waals surface area contributed by atoms with Crippen LogP contribution in [0.3, 0.4) is 0 Å². The van der Waals surface area contributed by atoms with Crippen molar-refractivity contribution in [3.8, 4) is 0 Å². The zero-order valence-electron chi connectivity index (χ0n) is 15.0. The van der Waals surface area contributed by atoms with Crippen molar-refractivity contribution in [3.05, 3.63) is 29.5 Å². The quantitative estimate of drug-likeness (QED) is 0.807. The molecule has 1 atom stereocenters. The highest BCUT2D eigenvalue weighted by atomic mass is 16.5. The van der Waals surface area contributed by atoms with E-state index in [1.807, 2.05) is 19.1 Å². The molecule has 136 valence electrons. The van der Waals surface area contributed by atoms with Crippen molar-refractivity contribution in [2.45, 2.75) is 26.7 Å². The van der Waals surface area contributed by atoms with E-state index in [1.54, 1.807) is 0 Å². The summed E-state index contributed by atoms with van der Waals surface area (Å²) >= 11 is 0. The lowest BCUT2D eigenvalue weighted by Crippen LogP contribution is -2.45. The Balaban J connectivity index is 1.77. The van der Waals surface area contributed by atoms with Gasteiger partial charge >= 0.3 is 5.97 Å². The molecule has 8 heteroatoms. The second kappa shape index (κ2) is 7.47. The van der Waals surface area contributed by atoms with Crippen LogP contribution in [0.1, 0.15) is 24.6 Å². The number of carbonyl (C=O) groups is 2. The van der Waals surface area contributed by atoms with Crippen LogP contribution in [0.15, 0.2) is 23.2 Å². The Labute approximate surface area is 151 Å². The van der Waals surface area contributed by atoms with Crippen molar-refractivity contribution >= 4 is 34.7 Å². The number of ether oxygens (including phenoxy) is 1. The minimum absolute atomic E-state index is 0.00442. The number of benzene rings is 1. The highest BCUT2D eigenvalue weighted by Gasteiger charge is 2.27. The molecule has 2 N–H and O–H groups in total. The van der Waals surface area contributed by atoms with Gasteiger partial charge in [-0.3, -0.25) is 25.2 Å². The van der Waals surface area contributed by atoms with Crippen LogP contribution < -0.4 is 10.6 Å². The molecule has 0 bridgehead atoms. The number of hydrogen-bond donors (Lipinski definition) is 2. The molecular formula is C18H21N5O3. The summed E-state index contributed by atoms with van der Waals surface area (Å²) in [6, 6.07) is 6.09. The zero-order chi connectivity index (χ0) is 18.7. The van der Waals surface area contributed by atoms with Gasteiger partial charge in [0.15, 0.2) is 0 Å². The number of hydrogen-bond acceptors (Lipinski definition) is 7. The van der Waals surface area contributed by atoms with Crippen LogP contribution in [0.25, 0.3) is 10.9 Å². The van der Waals surface area contributed by atoms with Crippen LogP contribution >= 0.6 is 0 Å². The minimum Gasteiger partial charge on any atom is -0.469 e. The maximum atomic E-state index is 12.1. The van der Waals surface area contributed by atoms with Crippen LogP contribution in [0, 0.1) is 12.8 Å². The Bertz CT molecular complexity index is 894. The minimum atomic E-state index is -0.528. The first-order valence-electron chi connectivity index (χ1n) is 8.46. The van der Waals surface area contributed by atoms with Gasteiger partial charge in [0.25, 0.3) is 0 Å². The highest BCUT2D eigenvalue weighted by Crippen LogP contribution is 2.19. The SMILES string of the molecule is CCc1ccc2nc(NC3=NCC(CC(=O)OC)C(=O)N3)nc(C)c2c1. The molecule has 0 saturated heterocycles. The fraction of sp³-hybridized carbons (Fsp3) is 0.389. The number of aryl methyl sites for hydroxylation is 2. The number of esters is 1. The largest absolute Gasteiger partial charge is 0.469 e. The van der Waals surface area contributed by atoms with E-state index in [0.717, 1.165) is 23.0 Å². The van der Waals surface area contributed by atoms with Crippen molar-refractivity contribution in [1.82, 2.24) is 15.3 Å². The van der Waals surface area contributed by atoms with E-state index < -0.39 is 11.9 Å². The van der Waals surface area contributed by atoms with Gasteiger partial charge in [-0.2, -0.15) is 0 Å². The maximum absolute atomic E-state index is 12.1. The van der Waals surface area contributed by atoms with Gasteiger partial charge in [-0.15, -0.1) is 0 Å². The number of nitrogens with zero attached hydrogens (tertiary/aromatic N) is 3. The number of carbonyl (C=O) groups excluding carboxylic acids is 2. The van der Waals surface area contributed by atoms with Crippen LogP contribution in [0.4, 0.5) is 5.95 Å². The number of anilines is 1. The van der Waals surface area contributed by atoms with Crippen molar-refractivity contribution < 1.29 is 14.3 Å². The lowest BCUT2D eigenvalue weighted by molar-refractivity contribution is -0.143. The Morgan fingerprint density at radius 2 is 2.19 bits per heavy atom. The topological polar surface area (TPSA) is 106 Å². The lowest BCUT2D eigenvalue weighted by atomic mass is 10.0. The third kappa shape index (κ3) is 3.79.